The Morgan fingerprint density at radius 1 is 0.943 bits per heavy atom. The fourth-order valence-corrected chi connectivity index (χ4v) is 6.45. The molecular weight excluding hydrogens is 491 g/mol. The van der Waals surface area contributed by atoms with Crippen LogP contribution in [0.4, 0.5) is 0 Å². The van der Waals surface area contributed by atoms with E-state index in [0.717, 1.165) is 36.1 Å². The summed E-state index contributed by atoms with van der Waals surface area (Å²) in [5, 5.41) is 5.90. The number of aryl methyl sites for hydroxylation is 1. The van der Waals surface area contributed by atoms with Crippen molar-refractivity contribution in [3.8, 4) is 0 Å². The van der Waals surface area contributed by atoms with Crippen LogP contribution in [-0.2, 0) is 13.0 Å². The zero-order valence-electron chi connectivity index (χ0n) is 20.8. The summed E-state index contributed by atoms with van der Waals surface area (Å²) in [6.45, 7) is 5.78. The van der Waals surface area contributed by atoms with Crippen LogP contribution in [0.25, 0.3) is 0 Å². The minimum atomic E-state index is 0.678. The lowest BCUT2D eigenvalue weighted by Crippen LogP contribution is -2.30. The molecule has 2 saturated heterocycles. The Bertz CT molecular complexity index is 1000. The van der Waals surface area contributed by atoms with Crippen LogP contribution in [0.5, 0.6) is 0 Å². The maximum absolute atomic E-state index is 6.23. The van der Waals surface area contributed by atoms with Gasteiger partial charge < -0.3 is 4.90 Å². The van der Waals surface area contributed by atoms with Crippen molar-refractivity contribution in [2.45, 2.75) is 51.0 Å². The summed E-state index contributed by atoms with van der Waals surface area (Å²) in [5.74, 6) is 1.66. The Morgan fingerprint density at radius 3 is 2.46 bits per heavy atom. The number of likely N-dealkylation sites (tertiary alicyclic amines) is 2. The number of hydrogen-bond acceptors (Lipinski definition) is 3. The van der Waals surface area contributed by atoms with Crippen molar-refractivity contribution >= 4 is 34.5 Å². The molecule has 0 spiro atoms. The van der Waals surface area contributed by atoms with Gasteiger partial charge >= 0.3 is 0 Å². The predicted molar refractivity (Wildman–Crippen MR) is 153 cm³/mol. The minimum absolute atomic E-state index is 0.678. The number of nitrogens with zero attached hydrogens (tertiary/aromatic N) is 2. The largest absolute Gasteiger partial charge is 0.306 e. The first kappa shape index (κ1) is 26.7. The molecule has 35 heavy (non-hydrogen) atoms. The molecule has 0 unspecified atom stereocenters. The molecule has 2 aromatic carbocycles. The molecule has 5 heteroatoms. The van der Waals surface area contributed by atoms with Crippen LogP contribution in [-0.4, -0.2) is 43.0 Å². The molecule has 5 rings (SSSR count). The lowest BCUT2D eigenvalue weighted by molar-refractivity contribution is 0.210. The monoisotopic (exact) mass is 528 g/mol. The molecule has 2 fully saturated rings. The van der Waals surface area contributed by atoms with E-state index in [1.165, 1.54) is 62.7 Å². The third-order valence-electron chi connectivity index (χ3n) is 7.45. The van der Waals surface area contributed by atoms with Crippen molar-refractivity contribution in [2.75, 3.05) is 33.2 Å². The van der Waals surface area contributed by atoms with E-state index < -0.39 is 0 Å². The van der Waals surface area contributed by atoms with Gasteiger partial charge in [-0.25, -0.2) is 0 Å². The first-order valence-corrected chi connectivity index (χ1v) is 14.7. The van der Waals surface area contributed by atoms with Crippen molar-refractivity contribution < 1.29 is 0 Å². The standard InChI is InChI=1S/C15H15Cl2NS.C15H23N/c16-14-2-1-12(15(17)7-14)9-18-5-3-11(8-18)13-4-6-19-10-13;1-16-12-10-15(11-13-16)9-5-8-14-6-3-2-4-7-14/h1-2,4,6-7,10-11H,3,5,8-9H2;2-4,6-7,15H,5,8-13H2,1H3/t11-;/m1./s1. The highest BCUT2D eigenvalue weighted by molar-refractivity contribution is 7.08. The number of thiophene rings is 1. The molecule has 2 aliphatic rings. The molecule has 0 aliphatic carbocycles. The first-order valence-electron chi connectivity index (χ1n) is 13.0. The summed E-state index contributed by atoms with van der Waals surface area (Å²) in [6, 6.07) is 18.9. The van der Waals surface area contributed by atoms with Gasteiger partial charge in [0.2, 0.25) is 0 Å². The van der Waals surface area contributed by atoms with Crippen LogP contribution in [0, 0.1) is 5.92 Å². The van der Waals surface area contributed by atoms with Crippen LogP contribution in [0.15, 0.2) is 65.4 Å². The van der Waals surface area contributed by atoms with E-state index in [1.807, 2.05) is 18.2 Å². The maximum atomic E-state index is 6.23. The van der Waals surface area contributed by atoms with Gasteiger partial charge in [-0.05, 0) is 116 Å². The molecule has 0 amide bonds. The smallest absolute Gasteiger partial charge is 0.0465 e. The maximum Gasteiger partial charge on any atom is 0.0465 e. The normalized spacial score (nSPS) is 19.5. The van der Waals surface area contributed by atoms with E-state index in [2.05, 4.69) is 64.0 Å². The molecule has 0 bridgehead atoms. The van der Waals surface area contributed by atoms with Gasteiger partial charge in [0.1, 0.15) is 0 Å². The van der Waals surface area contributed by atoms with Gasteiger partial charge in [-0.1, -0.05) is 66.0 Å². The summed E-state index contributed by atoms with van der Waals surface area (Å²) in [4.78, 5) is 4.92. The van der Waals surface area contributed by atoms with E-state index in [9.17, 15) is 0 Å². The first-order chi connectivity index (χ1) is 17.1. The quantitative estimate of drug-likeness (QED) is 0.303. The molecule has 0 N–H and O–H groups in total. The SMILES string of the molecule is CN1CCC(CCCc2ccccc2)CC1.Clc1ccc(CN2CC[C@@H](c3ccsc3)C2)c(Cl)c1. The molecule has 1 aromatic heterocycles. The Labute approximate surface area is 225 Å². The third-order valence-corrected chi connectivity index (χ3v) is 8.74. The van der Waals surface area contributed by atoms with E-state index in [1.54, 1.807) is 11.3 Å². The fourth-order valence-electron chi connectivity index (χ4n) is 5.24. The number of rotatable bonds is 7. The summed E-state index contributed by atoms with van der Waals surface area (Å²) in [6.07, 6.45) is 8.09. The van der Waals surface area contributed by atoms with Gasteiger partial charge in [-0.3, -0.25) is 4.90 Å². The van der Waals surface area contributed by atoms with Gasteiger partial charge in [-0.15, -0.1) is 0 Å². The van der Waals surface area contributed by atoms with Gasteiger partial charge in [0.25, 0.3) is 0 Å². The van der Waals surface area contributed by atoms with Crippen molar-refractivity contribution in [3.63, 3.8) is 0 Å². The van der Waals surface area contributed by atoms with Crippen LogP contribution in [0.2, 0.25) is 10.0 Å². The summed E-state index contributed by atoms with van der Waals surface area (Å²) >= 11 is 13.9. The van der Waals surface area contributed by atoms with E-state index in [-0.39, 0.29) is 0 Å². The molecule has 2 nitrogen and oxygen atoms in total. The molecule has 3 heterocycles. The zero-order valence-corrected chi connectivity index (χ0v) is 23.2. The fraction of sp³-hybridized carbons (Fsp3) is 0.467. The third kappa shape index (κ3) is 8.61. The number of halogens is 2. The average Bonchev–Trinajstić information content (AvgIpc) is 3.56. The van der Waals surface area contributed by atoms with Crippen LogP contribution in [0.1, 0.15) is 54.7 Å². The number of hydrogen-bond donors (Lipinski definition) is 0. The lowest BCUT2D eigenvalue weighted by Gasteiger charge is -2.28. The molecule has 0 radical (unpaired) electrons. The molecular formula is C30H38Cl2N2S. The van der Waals surface area contributed by atoms with Gasteiger partial charge in [0.05, 0.1) is 0 Å². The molecule has 2 aliphatic heterocycles. The van der Waals surface area contributed by atoms with Gasteiger partial charge in [0, 0.05) is 23.1 Å². The Balaban J connectivity index is 0.000000168. The number of piperidine rings is 1. The molecule has 3 aromatic rings. The average molecular weight is 530 g/mol. The molecule has 1 atom stereocenters. The summed E-state index contributed by atoms with van der Waals surface area (Å²) in [7, 11) is 2.24. The Hall–Kier alpha value is -1.36. The van der Waals surface area contributed by atoms with Crippen molar-refractivity contribution in [3.05, 3.63) is 92.1 Å². The van der Waals surface area contributed by atoms with E-state index >= 15 is 0 Å². The Morgan fingerprint density at radius 2 is 1.74 bits per heavy atom. The highest BCUT2D eigenvalue weighted by Crippen LogP contribution is 2.31. The molecule has 188 valence electrons. The van der Waals surface area contributed by atoms with Gasteiger partial charge in [-0.2, -0.15) is 11.3 Å². The van der Waals surface area contributed by atoms with Crippen molar-refractivity contribution in [2.24, 2.45) is 5.92 Å². The topological polar surface area (TPSA) is 6.48 Å². The Kier molecular flexibility index (Phi) is 10.5. The summed E-state index contributed by atoms with van der Waals surface area (Å²) in [5.41, 5.74) is 4.14. The lowest BCUT2D eigenvalue weighted by atomic mass is 9.91. The number of benzene rings is 2. The van der Waals surface area contributed by atoms with Crippen LogP contribution >= 0.6 is 34.5 Å². The van der Waals surface area contributed by atoms with Crippen LogP contribution in [0.3, 0.4) is 0 Å². The summed E-state index contributed by atoms with van der Waals surface area (Å²) < 4.78 is 0. The highest BCUT2D eigenvalue weighted by Gasteiger charge is 2.24. The van der Waals surface area contributed by atoms with Gasteiger partial charge in [0.15, 0.2) is 0 Å². The molecule has 0 saturated carbocycles. The highest BCUT2D eigenvalue weighted by atomic mass is 35.5. The van der Waals surface area contributed by atoms with Crippen molar-refractivity contribution in [1.29, 1.82) is 0 Å². The predicted octanol–water partition coefficient (Wildman–Crippen LogP) is 8.40. The second kappa shape index (κ2) is 13.8. The van der Waals surface area contributed by atoms with Crippen LogP contribution < -0.4 is 0 Å². The second-order valence-corrected chi connectivity index (χ2v) is 11.8. The second-order valence-electron chi connectivity index (χ2n) is 10.1. The van der Waals surface area contributed by atoms with E-state index in [4.69, 9.17) is 23.2 Å². The van der Waals surface area contributed by atoms with Crippen molar-refractivity contribution in [1.82, 2.24) is 9.80 Å². The zero-order chi connectivity index (χ0) is 24.5. The van der Waals surface area contributed by atoms with E-state index in [0.29, 0.717) is 10.9 Å². The minimum Gasteiger partial charge on any atom is -0.306 e.